The summed E-state index contributed by atoms with van der Waals surface area (Å²) in [6.45, 7) is 11.9. The van der Waals surface area contributed by atoms with Gasteiger partial charge < -0.3 is 20.1 Å². The molecule has 7 nitrogen and oxygen atoms in total. The molecular weight excluding hydrogens is 360 g/mol. The number of hydrogen-bond donors (Lipinski definition) is 2. The first-order chi connectivity index (χ1) is 12.8. The Bertz CT molecular complexity index is 605. The third-order valence-electron chi connectivity index (χ3n) is 8.20. The zero-order valence-electron chi connectivity index (χ0n) is 18.5. The van der Waals surface area contributed by atoms with E-state index in [0.717, 1.165) is 0 Å². The molecule has 0 saturated heterocycles. The Kier molecular flexibility index (Phi) is 5.81. The number of methoxy groups -OCH3 is 2. The molecule has 2 N–H and O–H groups in total. The summed E-state index contributed by atoms with van der Waals surface area (Å²) >= 11 is 0. The van der Waals surface area contributed by atoms with Crippen molar-refractivity contribution in [2.24, 2.45) is 22.7 Å². The molecule has 2 fully saturated rings. The predicted octanol–water partition coefficient (Wildman–Crippen LogP) is 3.02. The van der Waals surface area contributed by atoms with E-state index < -0.39 is 21.9 Å². The van der Waals surface area contributed by atoms with Gasteiger partial charge in [-0.25, -0.2) is 4.79 Å². The van der Waals surface area contributed by atoms with Gasteiger partial charge in [-0.15, -0.1) is 0 Å². The molecule has 2 saturated carbocycles. The third-order valence-corrected chi connectivity index (χ3v) is 8.20. The monoisotopic (exact) mass is 396 g/mol. The fourth-order valence-electron chi connectivity index (χ4n) is 5.09. The van der Waals surface area contributed by atoms with E-state index in [1.807, 2.05) is 41.5 Å². The maximum atomic E-state index is 13.0. The van der Waals surface area contributed by atoms with Crippen molar-refractivity contribution >= 4 is 18.0 Å². The lowest BCUT2D eigenvalue weighted by molar-refractivity contribution is -0.150. The van der Waals surface area contributed by atoms with Crippen molar-refractivity contribution in [3.05, 3.63) is 0 Å². The van der Waals surface area contributed by atoms with Gasteiger partial charge in [-0.05, 0) is 39.5 Å². The summed E-state index contributed by atoms with van der Waals surface area (Å²) in [5.74, 6) is -0.989. The standard InChI is InChI=1S/C21H36N2O5/c1-18(2)13(15(24)27-7)9-11-20(18,5)22-17(26)23-21(6)12-10-14(16(25)28-8)19(21,3)4/h13-14H,9-12H2,1-8H3,(H2,22,23,26)/t13-,14?,20-,21-/m1/s1. The number of rotatable bonds is 4. The van der Waals surface area contributed by atoms with Gasteiger partial charge in [0.2, 0.25) is 0 Å². The second-order valence-corrected chi connectivity index (χ2v) is 9.92. The van der Waals surface area contributed by atoms with Crippen molar-refractivity contribution in [2.45, 2.75) is 78.3 Å². The summed E-state index contributed by atoms with van der Waals surface area (Å²) in [5.41, 5.74) is -1.98. The number of esters is 2. The Hall–Kier alpha value is -1.79. The van der Waals surface area contributed by atoms with Gasteiger partial charge >= 0.3 is 18.0 Å². The second kappa shape index (κ2) is 7.23. The van der Waals surface area contributed by atoms with Crippen LogP contribution in [-0.4, -0.2) is 43.3 Å². The van der Waals surface area contributed by atoms with E-state index in [1.165, 1.54) is 14.2 Å². The molecule has 0 heterocycles. The molecule has 7 heteroatoms. The summed E-state index contributed by atoms with van der Waals surface area (Å²) in [6, 6.07) is -0.276. The number of urea groups is 1. The second-order valence-electron chi connectivity index (χ2n) is 9.92. The van der Waals surface area contributed by atoms with Crippen LogP contribution in [0.5, 0.6) is 0 Å². The Morgan fingerprint density at radius 3 is 1.32 bits per heavy atom. The number of nitrogens with one attached hydrogen (secondary N) is 2. The van der Waals surface area contributed by atoms with Crippen LogP contribution >= 0.6 is 0 Å². The Morgan fingerprint density at radius 2 is 1.04 bits per heavy atom. The number of ether oxygens (including phenoxy) is 2. The average molecular weight is 397 g/mol. The minimum atomic E-state index is -0.545. The molecule has 0 aliphatic heterocycles. The van der Waals surface area contributed by atoms with Crippen LogP contribution in [0.2, 0.25) is 0 Å². The molecule has 160 valence electrons. The molecule has 2 aliphatic carbocycles. The molecule has 2 aliphatic rings. The van der Waals surface area contributed by atoms with E-state index in [2.05, 4.69) is 10.6 Å². The van der Waals surface area contributed by atoms with Gasteiger partial charge in [0, 0.05) is 21.9 Å². The lowest BCUT2D eigenvalue weighted by atomic mass is 9.70. The molecule has 0 aromatic rings. The summed E-state index contributed by atoms with van der Waals surface area (Å²) in [4.78, 5) is 37.3. The number of hydrogen-bond acceptors (Lipinski definition) is 5. The molecule has 0 aromatic heterocycles. The van der Waals surface area contributed by atoms with E-state index in [1.54, 1.807) is 0 Å². The van der Waals surface area contributed by atoms with Crippen molar-refractivity contribution < 1.29 is 23.9 Å². The van der Waals surface area contributed by atoms with E-state index in [0.29, 0.717) is 25.7 Å². The molecule has 2 rings (SSSR count). The van der Waals surface area contributed by atoms with Crippen LogP contribution in [0.25, 0.3) is 0 Å². The van der Waals surface area contributed by atoms with Crippen LogP contribution in [0.4, 0.5) is 4.79 Å². The lowest BCUT2D eigenvalue weighted by Gasteiger charge is -2.44. The first-order valence-electron chi connectivity index (χ1n) is 10.0. The Morgan fingerprint density at radius 1 is 0.714 bits per heavy atom. The van der Waals surface area contributed by atoms with Gasteiger partial charge in [0.15, 0.2) is 0 Å². The highest BCUT2D eigenvalue weighted by Gasteiger charge is 2.58. The zero-order chi connectivity index (χ0) is 21.5. The topological polar surface area (TPSA) is 93.7 Å². The number of carbonyl (C=O) groups is 3. The fraction of sp³-hybridized carbons (Fsp3) is 0.857. The lowest BCUT2D eigenvalue weighted by Crippen LogP contribution is -2.63. The molecule has 2 amide bonds. The quantitative estimate of drug-likeness (QED) is 0.713. The highest BCUT2D eigenvalue weighted by molar-refractivity contribution is 5.79. The molecule has 28 heavy (non-hydrogen) atoms. The van der Waals surface area contributed by atoms with Crippen molar-refractivity contribution in [1.29, 1.82) is 0 Å². The molecule has 1 unspecified atom stereocenters. The van der Waals surface area contributed by atoms with Gasteiger partial charge in [-0.1, -0.05) is 27.7 Å². The number of carbonyl (C=O) groups excluding carboxylic acids is 3. The van der Waals surface area contributed by atoms with Crippen LogP contribution in [0, 0.1) is 22.7 Å². The zero-order valence-corrected chi connectivity index (χ0v) is 18.5. The van der Waals surface area contributed by atoms with Gasteiger partial charge in [-0.3, -0.25) is 9.59 Å². The van der Waals surface area contributed by atoms with Crippen molar-refractivity contribution in [3.63, 3.8) is 0 Å². The van der Waals surface area contributed by atoms with Crippen LogP contribution in [-0.2, 0) is 19.1 Å². The van der Waals surface area contributed by atoms with E-state index in [4.69, 9.17) is 9.47 Å². The SMILES string of the molecule is COC(=O)C1CC[C@@](C)(NC(=O)N[C@]2(C)CC[C@H](C(=O)OC)C2(C)C)C1(C)C. The highest BCUT2D eigenvalue weighted by atomic mass is 16.5. The van der Waals surface area contributed by atoms with E-state index >= 15 is 0 Å². The minimum Gasteiger partial charge on any atom is -0.469 e. The maximum Gasteiger partial charge on any atom is 0.315 e. The summed E-state index contributed by atoms with van der Waals surface area (Å²) in [7, 11) is 2.80. The molecule has 0 aromatic carbocycles. The van der Waals surface area contributed by atoms with Crippen molar-refractivity contribution in [2.75, 3.05) is 14.2 Å². The van der Waals surface area contributed by atoms with Crippen molar-refractivity contribution in [1.82, 2.24) is 10.6 Å². The van der Waals surface area contributed by atoms with Gasteiger partial charge in [0.05, 0.1) is 26.1 Å². The van der Waals surface area contributed by atoms with Gasteiger partial charge in [-0.2, -0.15) is 0 Å². The van der Waals surface area contributed by atoms with Crippen LogP contribution in [0.1, 0.15) is 67.2 Å². The summed E-state index contributed by atoms with van der Waals surface area (Å²) in [5, 5.41) is 6.26. The van der Waals surface area contributed by atoms with E-state index in [-0.39, 0.29) is 29.8 Å². The predicted molar refractivity (Wildman–Crippen MR) is 106 cm³/mol. The third kappa shape index (κ3) is 3.37. The largest absolute Gasteiger partial charge is 0.469 e. The van der Waals surface area contributed by atoms with Crippen molar-refractivity contribution in [3.8, 4) is 0 Å². The minimum absolute atomic E-state index is 0.235. The maximum absolute atomic E-state index is 13.0. The van der Waals surface area contributed by atoms with E-state index in [9.17, 15) is 14.4 Å². The summed E-state index contributed by atoms with van der Waals surface area (Å²) < 4.78 is 9.91. The average Bonchev–Trinajstić information content (AvgIpc) is 2.96. The van der Waals surface area contributed by atoms with Gasteiger partial charge in [0.1, 0.15) is 0 Å². The highest BCUT2D eigenvalue weighted by Crippen LogP contribution is 2.52. The molecule has 0 bridgehead atoms. The Labute approximate surface area is 168 Å². The summed E-state index contributed by atoms with van der Waals surface area (Å²) in [6.07, 6.45) is 2.73. The van der Waals surface area contributed by atoms with Crippen LogP contribution in [0.3, 0.4) is 0 Å². The van der Waals surface area contributed by atoms with Gasteiger partial charge in [0.25, 0.3) is 0 Å². The van der Waals surface area contributed by atoms with Crippen LogP contribution in [0.15, 0.2) is 0 Å². The molecule has 0 spiro atoms. The number of amides is 2. The normalized spacial score (nSPS) is 35.9. The smallest absolute Gasteiger partial charge is 0.315 e. The fourth-order valence-corrected chi connectivity index (χ4v) is 5.09. The van der Waals surface area contributed by atoms with Crippen LogP contribution < -0.4 is 10.6 Å². The first-order valence-corrected chi connectivity index (χ1v) is 10.0. The first kappa shape index (κ1) is 22.5. The molecule has 0 radical (unpaired) electrons. The molecular formula is C21H36N2O5. The Balaban J connectivity index is 2.14. The molecule has 4 atom stereocenters.